The maximum absolute atomic E-state index is 12.8. The number of rotatable bonds is 10. The molecule has 0 aliphatic carbocycles. The average molecular weight is 402 g/mol. The number of carbonyl (C=O) groups excluding carboxylic acids is 2. The molecule has 6 nitrogen and oxygen atoms in total. The zero-order valence-corrected chi connectivity index (χ0v) is 17.3. The SMILES string of the molecule is CCCN(Cc1ccc(C#N)cc1)C(=O)CCC(=O)N(CCC#N)c1ccccc1. The Morgan fingerprint density at radius 3 is 2.17 bits per heavy atom. The summed E-state index contributed by atoms with van der Waals surface area (Å²) in [5, 5.41) is 17.8. The standard InChI is InChI=1S/C24H26N4O2/c1-2-16-27(19-21-11-9-20(18-26)10-12-21)23(29)13-14-24(30)28(17-6-15-25)22-7-4-3-5-8-22/h3-5,7-12H,2,6,13-14,16-17,19H2,1H3. The first kappa shape index (κ1) is 22.6. The number of nitrogens with zero attached hydrogens (tertiary/aromatic N) is 4. The van der Waals surface area contributed by atoms with Crippen LogP contribution < -0.4 is 4.90 Å². The van der Waals surface area contributed by atoms with Crippen molar-refractivity contribution in [2.75, 3.05) is 18.0 Å². The fraction of sp³-hybridized carbons (Fsp3) is 0.333. The Bertz CT molecular complexity index is 911. The zero-order valence-electron chi connectivity index (χ0n) is 17.3. The van der Waals surface area contributed by atoms with Crippen LogP contribution in [0.4, 0.5) is 5.69 Å². The second-order valence-corrected chi connectivity index (χ2v) is 6.91. The molecule has 2 rings (SSSR count). The Kier molecular flexibility index (Phi) is 9.09. The molecule has 0 radical (unpaired) electrons. The largest absolute Gasteiger partial charge is 0.338 e. The van der Waals surface area contributed by atoms with Crippen molar-refractivity contribution in [1.29, 1.82) is 10.5 Å². The highest BCUT2D eigenvalue weighted by atomic mass is 16.2. The van der Waals surface area contributed by atoms with E-state index in [1.165, 1.54) is 0 Å². The lowest BCUT2D eigenvalue weighted by Gasteiger charge is -2.24. The van der Waals surface area contributed by atoms with Crippen molar-refractivity contribution < 1.29 is 9.59 Å². The molecule has 0 aromatic heterocycles. The molecule has 0 aliphatic rings. The summed E-state index contributed by atoms with van der Waals surface area (Å²) in [6, 6.07) is 20.5. The van der Waals surface area contributed by atoms with E-state index in [1.807, 2.05) is 49.4 Å². The van der Waals surface area contributed by atoms with Crippen LogP contribution in [0.25, 0.3) is 0 Å². The van der Waals surface area contributed by atoms with Crippen LogP contribution in [0.5, 0.6) is 0 Å². The molecule has 2 aromatic rings. The summed E-state index contributed by atoms with van der Waals surface area (Å²) in [5.41, 5.74) is 2.26. The van der Waals surface area contributed by atoms with Gasteiger partial charge in [-0.3, -0.25) is 9.59 Å². The third kappa shape index (κ3) is 6.76. The van der Waals surface area contributed by atoms with Crippen LogP contribution in [-0.2, 0) is 16.1 Å². The fourth-order valence-electron chi connectivity index (χ4n) is 3.14. The molecule has 2 aromatic carbocycles. The van der Waals surface area contributed by atoms with E-state index in [0.29, 0.717) is 25.2 Å². The van der Waals surface area contributed by atoms with Crippen molar-refractivity contribution in [3.8, 4) is 12.1 Å². The lowest BCUT2D eigenvalue weighted by atomic mass is 10.1. The van der Waals surface area contributed by atoms with Crippen LogP contribution in [0.1, 0.15) is 43.7 Å². The smallest absolute Gasteiger partial charge is 0.227 e. The minimum Gasteiger partial charge on any atom is -0.338 e. The van der Waals surface area contributed by atoms with Gasteiger partial charge in [-0.15, -0.1) is 0 Å². The van der Waals surface area contributed by atoms with E-state index in [-0.39, 0.29) is 31.1 Å². The minimum atomic E-state index is -0.167. The van der Waals surface area contributed by atoms with Crippen LogP contribution in [0.3, 0.4) is 0 Å². The first-order valence-corrected chi connectivity index (χ1v) is 10.1. The molecule has 6 heteroatoms. The molecule has 30 heavy (non-hydrogen) atoms. The van der Waals surface area contributed by atoms with Gasteiger partial charge in [-0.1, -0.05) is 37.3 Å². The van der Waals surface area contributed by atoms with Crippen LogP contribution in [-0.4, -0.2) is 29.8 Å². The molecule has 0 aliphatic heterocycles. The summed E-state index contributed by atoms with van der Waals surface area (Å²) < 4.78 is 0. The number of anilines is 1. The molecule has 0 fully saturated rings. The van der Waals surface area contributed by atoms with Crippen molar-refractivity contribution >= 4 is 17.5 Å². The Hall–Kier alpha value is -3.64. The Morgan fingerprint density at radius 1 is 0.900 bits per heavy atom. The third-order valence-corrected chi connectivity index (χ3v) is 4.67. The molecule has 0 bridgehead atoms. The predicted octanol–water partition coefficient (Wildman–Crippen LogP) is 4.02. The normalized spacial score (nSPS) is 9.97. The molecule has 154 valence electrons. The zero-order chi connectivity index (χ0) is 21.8. The Labute approximate surface area is 177 Å². The summed E-state index contributed by atoms with van der Waals surface area (Å²) in [4.78, 5) is 28.9. The predicted molar refractivity (Wildman–Crippen MR) is 115 cm³/mol. The van der Waals surface area contributed by atoms with Gasteiger partial charge in [0.25, 0.3) is 0 Å². The van der Waals surface area contributed by atoms with Gasteiger partial charge in [0.2, 0.25) is 11.8 Å². The lowest BCUT2D eigenvalue weighted by Crippen LogP contribution is -2.35. The van der Waals surface area contributed by atoms with E-state index in [2.05, 4.69) is 12.1 Å². The van der Waals surface area contributed by atoms with E-state index in [1.54, 1.807) is 21.9 Å². The van der Waals surface area contributed by atoms with Gasteiger partial charge < -0.3 is 9.80 Å². The van der Waals surface area contributed by atoms with Crippen LogP contribution >= 0.6 is 0 Å². The van der Waals surface area contributed by atoms with Crippen LogP contribution in [0.2, 0.25) is 0 Å². The third-order valence-electron chi connectivity index (χ3n) is 4.67. The van der Waals surface area contributed by atoms with Gasteiger partial charge in [0.1, 0.15) is 0 Å². The van der Waals surface area contributed by atoms with Crippen molar-refractivity contribution in [1.82, 2.24) is 4.90 Å². The number of hydrogen-bond acceptors (Lipinski definition) is 4. The first-order valence-electron chi connectivity index (χ1n) is 10.1. The monoisotopic (exact) mass is 402 g/mol. The van der Waals surface area contributed by atoms with Crippen LogP contribution in [0.15, 0.2) is 54.6 Å². The van der Waals surface area contributed by atoms with Gasteiger partial charge in [-0.2, -0.15) is 10.5 Å². The maximum atomic E-state index is 12.8. The molecular formula is C24H26N4O2. The molecule has 0 saturated heterocycles. The summed E-state index contributed by atoms with van der Waals surface area (Å²) >= 11 is 0. The highest BCUT2D eigenvalue weighted by Gasteiger charge is 2.19. The maximum Gasteiger partial charge on any atom is 0.227 e. The van der Waals surface area contributed by atoms with Gasteiger partial charge in [-0.25, -0.2) is 0 Å². The van der Waals surface area contributed by atoms with E-state index in [0.717, 1.165) is 17.7 Å². The van der Waals surface area contributed by atoms with Crippen LogP contribution in [0, 0.1) is 22.7 Å². The molecule has 0 N–H and O–H groups in total. The molecule has 2 amide bonds. The molecule has 0 heterocycles. The van der Waals surface area contributed by atoms with E-state index in [9.17, 15) is 9.59 Å². The number of carbonyl (C=O) groups is 2. The second kappa shape index (κ2) is 12.0. The summed E-state index contributed by atoms with van der Waals surface area (Å²) in [5.74, 6) is -0.248. The average Bonchev–Trinajstić information content (AvgIpc) is 2.78. The van der Waals surface area contributed by atoms with E-state index >= 15 is 0 Å². The number of hydrogen-bond donors (Lipinski definition) is 0. The van der Waals surface area contributed by atoms with Gasteiger partial charge >= 0.3 is 0 Å². The Morgan fingerprint density at radius 2 is 1.57 bits per heavy atom. The second-order valence-electron chi connectivity index (χ2n) is 6.91. The van der Waals surface area contributed by atoms with Gasteiger partial charge in [-0.05, 0) is 36.2 Å². The van der Waals surface area contributed by atoms with Gasteiger partial charge in [0.15, 0.2) is 0 Å². The highest BCUT2D eigenvalue weighted by Crippen LogP contribution is 2.16. The summed E-state index contributed by atoms with van der Waals surface area (Å²) in [7, 11) is 0. The van der Waals surface area contributed by atoms with Crippen molar-refractivity contribution in [3.05, 3.63) is 65.7 Å². The molecular weight excluding hydrogens is 376 g/mol. The number of para-hydroxylation sites is 1. The minimum absolute atomic E-state index is 0.0807. The van der Waals surface area contributed by atoms with Gasteiger partial charge in [0.05, 0.1) is 24.1 Å². The summed E-state index contributed by atoms with van der Waals surface area (Å²) in [6.07, 6.45) is 1.25. The number of amides is 2. The van der Waals surface area contributed by atoms with E-state index < -0.39 is 0 Å². The fourth-order valence-corrected chi connectivity index (χ4v) is 3.14. The number of benzene rings is 2. The van der Waals surface area contributed by atoms with Crippen molar-refractivity contribution in [3.63, 3.8) is 0 Å². The topological polar surface area (TPSA) is 88.2 Å². The highest BCUT2D eigenvalue weighted by molar-refractivity contribution is 5.95. The molecule has 0 saturated carbocycles. The quantitative estimate of drug-likeness (QED) is 0.600. The van der Waals surface area contributed by atoms with E-state index in [4.69, 9.17) is 10.5 Å². The van der Waals surface area contributed by atoms with Crippen molar-refractivity contribution in [2.24, 2.45) is 0 Å². The first-order chi connectivity index (χ1) is 14.6. The molecule has 0 atom stereocenters. The summed E-state index contributed by atoms with van der Waals surface area (Å²) in [6.45, 7) is 3.36. The number of nitriles is 2. The molecule has 0 unspecified atom stereocenters. The van der Waals surface area contributed by atoms with Crippen molar-refractivity contribution in [2.45, 2.75) is 39.2 Å². The molecule has 0 spiro atoms. The Balaban J connectivity index is 2.00. The van der Waals surface area contributed by atoms with Gasteiger partial charge in [0, 0.05) is 38.2 Å². The lowest BCUT2D eigenvalue weighted by molar-refractivity contribution is -0.133.